The van der Waals surface area contributed by atoms with Gasteiger partial charge in [0, 0.05) is 13.0 Å². The highest BCUT2D eigenvalue weighted by molar-refractivity contribution is 14.1. The Morgan fingerprint density at radius 2 is 1.70 bits per heavy atom. The topological polar surface area (TPSA) is 102 Å². The number of carbonyl (C=O) groups excluding carboxylic acids is 1. The SMILES string of the molecule is O=C1NC(O)C(I)(C2CCCCCCCCC2)CN1[C@H]1C[C@H](O)[C@@H](CO)O1. The Morgan fingerprint density at radius 3 is 2.26 bits per heavy atom. The molecule has 0 aromatic carbocycles. The van der Waals surface area contributed by atoms with E-state index in [1.165, 1.54) is 32.1 Å². The quantitative estimate of drug-likeness (QED) is 0.354. The number of nitrogens with one attached hydrogen (secondary N) is 1. The highest BCUT2D eigenvalue weighted by Crippen LogP contribution is 2.42. The summed E-state index contributed by atoms with van der Waals surface area (Å²) >= 11 is 2.35. The van der Waals surface area contributed by atoms with Crippen LogP contribution in [0.5, 0.6) is 0 Å². The Bertz CT molecular complexity index is 500. The molecular formula is C19H33IN2O5. The summed E-state index contributed by atoms with van der Waals surface area (Å²) in [7, 11) is 0. The molecule has 0 spiro atoms. The minimum absolute atomic E-state index is 0.270. The van der Waals surface area contributed by atoms with Gasteiger partial charge < -0.3 is 25.4 Å². The number of ether oxygens (including phenoxy) is 1. The number of urea groups is 1. The molecule has 8 heteroatoms. The van der Waals surface area contributed by atoms with Crippen LogP contribution >= 0.6 is 22.6 Å². The molecule has 2 aliphatic heterocycles. The van der Waals surface area contributed by atoms with Gasteiger partial charge in [-0.15, -0.1) is 0 Å². The van der Waals surface area contributed by atoms with Crippen LogP contribution in [0.15, 0.2) is 0 Å². The largest absolute Gasteiger partial charge is 0.394 e. The summed E-state index contributed by atoms with van der Waals surface area (Å²) in [5.74, 6) is 0.314. The van der Waals surface area contributed by atoms with Crippen LogP contribution in [0, 0.1) is 5.92 Å². The first-order chi connectivity index (χ1) is 13.0. The molecule has 2 heterocycles. The second kappa shape index (κ2) is 9.56. The summed E-state index contributed by atoms with van der Waals surface area (Å²) < 4.78 is 5.22. The van der Waals surface area contributed by atoms with E-state index in [4.69, 9.17) is 4.74 Å². The fraction of sp³-hybridized carbons (Fsp3) is 0.947. The van der Waals surface area contributed by atoms with Crippen molar-refractivity contribution in [3.63, 3.8) is 0 Å². The van der Waals surface area contributed by atoms with E-state index in [-0.39, 0.29) is 19.1 Å². The molecule has 1 aliphatic carbocycles. The number of carbonyl (C=O) groups is 1. The van der Waals surface area contributed by atoms with Crippen molar-refractivity contribution in [1.82, 2.24) is 10.2 Å². The van der Waals surface area contributed by atoms with Gasteiger partial charge in [0.05, 0.1) is 16.1 Å². The number of halogens is 1. The normalized spacial score (nSPS) is 40.0. The fourth-order valence-corrected chi connectivity index (χ4v) is 5.83. The minimum Gasteiger partial charge on any atom is -0.394 e. The monoisotopic (exact) mass is 496 g/mol. The van der Waals surface area contributed by atoms with E-state index in [1.54, 1.807) is 4.90 Å². The van der Waals surface area contributed by atoms with Gasteiger partial charge in [-0.3, -0.25) is 4.90 Å². The molecule has 3 aliphatic rings. The average Bonchev–Trinajstić information content (AvgIpc) is 3.03. The van der Waals surface area contributed by atoms with Gasteiger partial charge in [0.15, 0.2) is 0 Å². The number of aliphatic hydroxyl groups is 3. The third kappa shape index (κ3) is 4.88. The molecular weight excluding hydrogens is 463 g/mol. The Hall–Kier alpha value is -0.160. The average molecular weight is 496 g/mol. The zero-order valence-corrected chi connectivity index (χ0v) is 18.0. The second-order valence-electron chi connectivity index (χ2n) is 8.27. The Kier molecular flexibility index (Phi) is 7.63. The summed E-state index contributed by atoms with van der Waals surface area (Å²) in [4.78, 5) is 14.1. The van der Waals surface area contributed by atoms with E-state index in [0.29, 0.717) is 12.5 Å². The number of alkyl halides is 1. The Labute approximate surface area is 175 Å². The summed E-state index contributed by atoms with van der Waals surface area (Å²) in [5, 5.41) is 32.8. The van der Waals surface area contributed by atoms with Gasteiger partial charge in [0.2, 0.25) is 0 Å². The molecule has 7 nitrogen and oxygen atoms in total. The summed E-state index contributed by atoms with van der Waals surface area (Å²) in [5.41, 5.74) is 0. The molecule has 27 heavy (non-hydrogen) atoms. The van der Waals surface area contributed by atoms with Crippen LogP contribution in [-0.2, 0) is 4.74 Å². The van der Waals surface area contributed by atoms with Crippen molar-refractivity contribution in [1.29, 1.82) is 0 Å². The van der Waals surface area contributed by atoms with Crippen LogP contribution in [0.4, 0.5) is 4.79 Å². The maximum Gasteiger partial charge on any atom is 0.321 e. The Morgan fingerprint density at radius 1 is 1.11 bits per heavy atom. The molecule has 0 aromatic rings. The molecule has 0 aromatic heterocycles. The third-order valence-corrected chi connectivity index (χ3v) is 8.22. The second-order valence-corrected chi connectivity index (χ2v) is 10.3. The lowest BCUT2D eigenvalue weighted by molar-refractivity contribution is -0.0816. The number of nitrogens with zero attached hydrogens (tertiary/aromatic N) is 1. The summed E-state index contributed by atoms with van der Waals surface area (Å²) in [6.45, 7) is 0.120. The molecule has 2 amide bonds. The molecule has 0 bridgehead atoms. The molecule has 3 fully saturated rings. The maximum absolute atomic E-state index is 12.5. The third-order valence-electron chi connectivity index (χ3n) is 6.40. The van der Waals surface area contributed by atoms with Gasteiger partial charge in [-0.1, -0.05) is 67.5 Å². The van der Waals surface area contributed by atoms with Gasteiger partial charge in [-0.2, -0.15) is 0 Å². The molecule has 2 saturated heterocycles. The highest BCUT2D eigenvalue weighted by atomic mass is 127. The van der Waals surface area contributed by atoms with E-state index in [1.807, 2.05) is 0 Å². The lowest BCUT2D eigenvalue weighted by Crippen LogP contribution is -2.68. The van der Waals surface area contributed by atoms with Crippen molar-refractivity contribution in [3.8, 4) is 0 Å². The highest BCUT2D eigenvalue weighted by Gasteiger charge is 2.51. The van der Waals surface area contributed by atoms with Crippen LogP contribution < -0.4 is 5.32 Å². The molecule has 0 radical (unpaired) electrons. The van der Waals surface area contributed by atoms with E-state index < -0.39 is 28.1 Å². The molecule has 156 valence electrons. The zero-order valence-electron chi connectivity index (χ0n) is 15.9. The first kappa shape index (κ1) is 21.5. The van der Waals surface area contributed by atoms with Crippen molar-refractivity contribution in [2.24, 2.45) is 5.92 Å². The van der Waals surface area contributed by atoms with Gasteiger partial charge in [0.25, 0.3) is 0 Å². The van der Waals surface area contributed by atoms with Crippen LogP contribution in [-0.4, -0.2) is 67.5 Å². The van der Waals surface area contributed by atoms with Gasteiger partial charge in [0.1, 0.15) is 18.6 Å². The number of amides is 2. The molecule has 1 saturated carbocycles. The van der Waals surface area contributed by atoms with Crippen LogP contribution in [0.1, 0.15) is 64.2 Å². The van der Waals surface area contributed by atoms with Crippen molar-refractivity contribution in [3.05, 3.63) is 0 Å². The standard InChI is InChI=1S/C19H33IN2O5/c20-19(13-8-6-4-2-1-3-5-7-9-13)12-22(18(26)21-17(19)25)16-10-14(24)15(11-23)27-16/h13-17,23-25H,1-12H2,(H,21,26)/t14-,15+,16+,17?,19?/m0/s1. The first-order valence-corrected chi connectivity index (χ1v) is 11.4. The predicted octanol–water partition coefficient (Wildman–Crippen LogP) is 2.11. The molecule has 5 atom stereocenters. The van der Waals surface area contributed by atoms with E-state index in [9.17, 15) is 20.1 Å². The predicted molar refractivity (Wildman–Crippen MR) is 109 cm³/mol. The lowest BCUT2D eigenvalue weighted by atomic mass is 9.80. The van der Waals surface area contributed by atoms with Crippen LogP contribution in [0.3, 0.4) is 0 Å². The number of rotatable bonds is 3. The van der Waals surface area contributed by atoms with E-state index in [2.05, 4.69) is 27.9 Å². The van der Waals surface area contributed by atoms with Gasteiger partial charge in [-0.25, -0.2) is 4.79 Å². The summed E-state index contributed by atoms with van der Waals surface area (Å²) in [6.07, 6.45) is 8.13. The lowest BCUT2D eigenvalue weighted by Gasteiger charge is -2.48. The fourth-order valence-electron chi connectivity index (χ4n) is 4.69. The number of hydrogen-bond acceptors (Lipinski definition) is 5. The molecule has 3 rings (SSSR count). The zero-order chi connectivity index (χ0) is 19.4. The van der Waals surface area contributed by atoms with Crippen LogP contribution in [0.2, 0.25) is 0 Å². The molecule has 4 N–H and O–H groups in total. The van der Waals surface area contributed by atoms with Crippen LogP contribution in [0.25, 0.3) is 0 Å². The number of hydrogen-bond donors (Lipinski definition) is 4. The van der Waals surface area contributed by atoms with Crippen molar-refractivity contribution < 1.29 is 24.9 Å². The van der Waals surface area contributed by atoms with E-state index in [0.717, 1.165) is 25.7 Å². The smallest absolute Gasteiger partial charge is 0.321 e. The molecule has 2 unspecified atom stereocenters. The van der Waals surface area contributed by atoms with E-state index >= 15 is 0 Å². The maximum atomic E-state index is 12.5. The first-order valence-electron chi connectivity index (χ1n) is 10.3. The van der Waals surface area contributed by atoms with Crippen molar-refractivity contribution >= 4 is 28.6 Å². The van der Waals surface area contributed by atoms with Gasteiger partial charge >= 0.3 is 6.03 Å². The minimum atomic E-state index is -0.894. The Balaban J connectivity index is 1.73. The van der Waals surface area contributed by atoms with Gasteiger partial charge in [-0.05, 0) is 18.8 Å². The summed E-state index contributed by atoms with van der Waals surface area (Å²) in [6, 6.07) is -0.370. The van der Waals surface area contributed by atoms with Crippen molar-refractivity contribution in [2.75, 3.05) is 13.2 Å². The van der Waals surface area contributed by atoms with Crippen molar-refractivity contribution in [2.45, 2.75) is 92.3 Å². The number of aliphatic hydroxyl groups excluding tert-OH is 3.